The third-order valence-corrected chi connectivity index (χ3v) is 7.48. The minimum Gasteiger partial charge on any atom is -0.481 e. The van der Waals surface area contributed by atoms with Gasteiger partial charge in [0.25, 0.3) is 0 Å². The SMILES string of the molecule is CN(CCc1ccnc(C(F)(F)F)n1)[C@@H]1C[C@H](c2cccc(OC(F)(F)F)c2)N(c2ccc(C(F)(F)F)cc2)C1=O.O=C(O)CCCCC(=O)O. The summed E-state index contributed by atoms with van der Waals surface area (Å²) in [5.41, 5.74) is -0.572. The van der Waals surface area contributed by atoms with E-state index in [1.54, 1.807) is 4.90 Å². The number of aromatic nitrogens is 2. The number of amides is 1. The van der Waals surface area contributed by atoms with E-state index >= 15 is 0 Å². The lowest BCUT2D eigenvalue weighted by Gasteiger charge is -2.26. The van der Waals surface area contributed by atoms with Crippen LogP contribution in [0.3, 0.4) is 0 Å². The summed E-state index contributed by atoms with van der Waals surface area (Å²) in [5.74, 6) is -4.16. The maximum Gasteiger partial charge on any atom is 0.573 e. The van der Waals surface area contributed by atoms with Crippen LogP contribution in [0.1, 0.15) is 60.8 Å². The Morgan fingerprint density at radius 2 is 1.51 bits per heavy atom. The number of unbranched alkanes of at least 4 members (excludes halogenated alkanes) is 1. The molecular formula is C32H31F9N4O6. The van der Waals surface area contributed by atoms with E-state index in [4.69, 9.17) is 10.2 Å². The van der Waals surface area contributed by atoms with Crippen molar-refractivity contribution in [1.29, 1.82) is 0 Å². The van der Waals surface area contributed by atoms with Gasteiger partial charge in [0.2, 0.25) is 11.7 Å². The molecule has 0 saturated carbocycles. The molecule has 0 radical (unpaired) electrons. The van der Waals surface area contributed by atoms with Crippen LogP contribution in [0.2, 0.25) is 0 Å². The van der Waals surface area contributed by atoms with E-state index < -0.39 is 65.8 Å². The Hall–Kier alpha value is -4.94. The lowest BCUT2D eigenvalue weighted by atomic mass is 10.0. The van der Waals surface area contributed by atoms with Gasteiger partial charge < -0.3 is 19.8 Å². The number of carbonyl (C=O) groups excluding carboxylic acids is 1. The van der Waals surface area contributed by atoms with Crippen LogP contribution in [0, 0.1) is 0 Å². The van der Waals surface area contributed by atoms with E-state index in [0.717, 1.165) is 42.6 Å². The molecule has 2 N–H and O–H groups in total. The molecule has 2 atom stereocenters. The molecule has 19 heteroatoms. The van der Waals surface area contributed by atoms with Crippen molar-refractivity contribution in [2.24, 2.45) is 0 Å². The quantitative estimate of drug-likeness (QED) is 0.147. The Balaban J connectivity index is 0.000000612. The van der Waals surface area contributed by atoms with Crippen LogP contribution in [-0.2, 0) is 33.2 Å². The molecule has 4 rings (SSSR count). The molecule has 0 unspecified atom stereocenters. The van der Waals surface area contributed by atoms with Crippen molar-refractivity contribution in [2.45, 2.75) is 69.3 Å². The first-order valence-electron chi connectivity index (χ1n) is 15.0. The second kappa shape index (κ2) is 16.8. The lowest BCUT2D eigenvalue weighted by molar-refractivity contribution is -0.274. The normalized spacial score (nSPS) is 16.5. The number of anilines is 1. The number of hydrogen-bond acceptors (Lipinski definition) is 7. The third kappa shape index (κ3) is 12.4. The standard InChI is InChI=1S/C26H21F9N4O2.C6H10O4/c1-38(12-10-17-9-11-36-23(37-17)25(30,31)32)21-14-20(15-3-2-4-19(13-15)41-26(33,34)35)39(22(21)40)18-7-5-16(6-8-18)24(27,28)29;7-5(8)3-1-2-4-6(9)10/h2-9,11,13,20-21H,10,12,14H2,1H3;1-4H2,(H,7,8)(H,9,10)/t20-,21-;/m1./s1. The van der Waals surface area contributed by atoms with E-state index in [1.165, 1.54) is 30.1 Å². The van der Waals surface area contributed by atoms with E-state index in [-0.39, 0.29) is 49.2 Å². The first-order chi connectivity index (χ1) is 23.7. The predicted octanol–water partition coefficient (Wildman–Crippen LogP) is 7.15. The summed E-state index contributed by atoms with van der Waals surface area (Å²) < 4.78 is 121. The molecule has 1 fully saturated rings. The number of rotatable bonds is 12. The van der Waals surface area contributed by atoms with Gasteiger partial charge in [-0.1, -0.05) is 12.1 Å². The van der Waals surface area contributed by atoms with Crippen LogP contribution < -0.4 is 9.64 Å². The number of alkyl halides is 9. The summed E-state index contributed by atoms with van der Waals surface area (Å²) in [6.45, 7) is 0.0650. The summed E-state index contributed by atoms with van der Waals surface area (Å²) >= 11 is 0. The molecule has 2 heterocycles. The number of carboxylic acids is 2. The van der Waals surface area contributed by atoms with E-state index in [1.807, 2.05) is 0 Å². The molecule has 0 aliphatic carbocycles. The fourth-order valence-corrected chi connectivity index (χ4v) is 5.09. The fraction of sp³-hybridized carbons (Fsp3) is 0.406. The van der Waals surface area contributed by atoms with Crippen molar-refractivity contribution in [1.82, 2.24) is 14.9 Å². The van der Waals surface area contributed by atoms with Crippen LogP contribution >= 0.6 is 0 Å². The van der Waals surface area contributed by atoms with Crippen LogP contribution in [-0.4, -0.2) is 68.9 Å². The van der Waals surface area contributed by atoms with Gasteiger partial charge >= 0.3 is 30.7 Å². The summed E-state index contributed by atoms with van der Waals surface area (Å²) in [6.07, 6.45) is -12.4. The van der Waals surface area contributed by atoms with Crippen molar-refractivity contribution in [3.63, 3.8) is 0 Å². The maximum absolute atomic E-state index is 13.6. The third-order valence-electron chi connectivity index (χ3n) is 7.48. The fourth-order valence-electron chi connectivity index (χ4n) is 5.09. The molecular weight excluding hydrogens is 707 g/mol. The average molecular weight is 739 g/mol. The van der Waals surface area contributed by atoms with Crippen molar-refractivity contribution in [3.05, 3.63) is 83.4 Å². The van der Waals surface area contributed by atoms with Gasteiger partial charge in [0.15, 0.2) is 0 Å². The number of ether oxygens (including phenoxy) is 1. The zero-order valence-electron chi connectivity index (χ0n) is 26.6. The highest BCUT2D eigenvalue weighted by Gasteiger charge is 2.44. The second-order valence-electron chi connectivity index (χ2n) is 11.2. The van der Waals surface area contributed by atoms with Crippen molar-refractivity contribution in [3.8, 4) is 5.75 Å². The van der Waals surface area contributed by atoms with Gasteiger partial charge in [0, 0.05) is 43.4 Å². The second-order valence-corrected chi connectivity index (χ2v) is 11.2. The van der Waals surface area contributed by atoms with Gasteiger partial charge in [-0.15, -0.1) is 13.2 Å². The molecule has 1 amide bonds. The van der Waals surface area contributed by atoms with E-state index in [9.17, 15) is 53.9 Å². The molecule has 1 aliphatic rings. The molecule has 278 valence electrons. The molecule has 2 aromatic carbocycles. The molecule has 0 bridgehead atoms. The van der Waals surface area contributed by atoms with Crippen molar-refractivity contribution in [2.75, 3.05) is 18.5 Å². The Kier molecular flexibility index (Phi) is 13.4. The minimum atomic E-state index is -4.98. The van der Waals surface area contributed by atoms with Gasteiger partial charge in [-0.3, -0.25) is 19.3 Å². The topological polar surface area (TPSA) is 133 Å². The highest BCUT2D eigenvalue weighted by molar-refractivity contribution is 6.00. The zero-order valence-corrected chi connectivity index (χ0v) is 26.6. The summed E-state index contributed by atoms with van der Waals surface area (Å²) in [6, 6.07) is 8.15. The largest absolute Gasteiger partial charge is 0.573 e. The van der Waals surface area contributed by atoms with Gasteiger partial charge in [0.1, 0.15) is 5.75 Å². The summed E-state index contributed by atoms with van der Waals surface area (Å²) in [5, 5.41) is 16.3. The highest BCUT2D eigenvalue weighted by Crippen LogP contribution is 2.41. The molecule has 0 spiro atoms. The van der Waals surface area contributed by atoms with Crippen LogP contribution in [0.5, 0.6) is 5.75 Å². The number of halogens is 9. The molecule has 3 aromatic rings. The molecule has 1 saturated heterocycles. The van der Waals surface area contributed by atoms with Crippen LogP contribution in [0.15, 0.2) is 60.8 Å². The van der Waals surface area contributed by atoms with E-state index in [2.05, 4.69) is 14.7 Å². The number of carboxylic acid groups (broad SMARTS) is 2. The number of hydrogen-bond donors (Lipinski definition) is 2. The average Bonchev–Trinajstić information content (AvgIpc) is 3.38. The van der Waals surface area contributed by atoms with Gasteiger partial charge in [-0.2, -0.15) is 26.3 Å². The monoisotopic (exact) mass is 738 g/mol. The predicted molar refractivity (Wildman–Crippen MR) is 160 cm³/mol. The first kappa shape index (κ1) is 40.5. The Bertz CT molecular complexity index is 1630. The van der Waals surface area contributed by atoms with Crippen LogP contribution in [0.4, 0.5) is 45.2 Å². The number of likely N-dealkylation sites (N-methyl/N-ethyl adjacent to an activating group) is 1. The Morgan fingerprint density at radius 1 is 0.902 bits per heavy atom. The number of carbonyl (C=O) groups is 3. The molecule has 1 aromatic heterocycles. The zero-order chi connectivity index (χ0) is 38.1. The maximum atomic E-state index is 13.6. The molecule has 51 heavy (non-hydrogen) atoms. The van der Waals surface area contributed by atoms with E-state index in [0.29, 0.717) is 12.8 Å². The Morgan fingerprint density at radius 3 is 2.04 bits per heavy atom. The summed E-state index contributed by atoms with van der Waals surface area (Å²) in [7, 11) is 1.53. The van der Waals surface area contributed by atoms with Crippen molar-refractivity contribution >= 4 is 23.5 Å². The van der Waals surface area contributed by atoms with Crippen LogP contribution in [0.25, 0.3) is 0 Å². The lowest BCUT2D eigenvalue weighted by Crippen LogP contribution is -2.40. The van der Waals surface area contributed by atoms with Gasteiger partial charge in [-0.05, 0) is 74.3 Å². The molecule has 10 nitrogen and oxygen atoms in total. The minimum absolute atomic E-state index is 0.00569. The number of benzene rings is 2. The summed E-state index contributed by atoms with van der Waals surface area (Å²) in [4.78, 5) is 42.8. The number of aliphatic carboxylic acids is 2. The van der Waals surface area contributed by atoms with Gasteiger partial charge in [-0.25, -0.2) is 9.97 Å². The Labute approximate surface area is 284 Å². The van der Waals surface area contributed by atoms with Crippen molar-refractivity contribution < 1.29 is 68.8 Å². The van der Waals surface area contributed by atoms with Gasteiger partial charge in [0.05, 0.1) is 17.6 Å². The smallest absolute Gasteiger partial charge is 0.481 e. The number of nitrogens with zero attached hydrogens (tertiary/aromatic N) is 4. The first-order valence-corrected chi connectivity index (χ1v) is 15.0. The highest BCUT2D eigenvalue weighted by atomic mass is 19.4. The molecule has 1 aliphatic heterocycles.